The van der Waals surface area contributed by atoms with E-state index in [9.17, 15) is 14.7 Å². The number of carboxylic acids is 1. The maximum Gasteiger partial charge on any atom is 0.331 e. The average Bonchev–Trinajstić information content (AvgIpc) is 2.27. The Morgan fingerprint density at radius 2 is 2.12 bits per heavy atom. The van der Waals surface area contributed by atoms with Gasteiger partial charge in [-0.2, -0.15) is 0 Å². The van der Waals surface area contributed by atoms with E-state index in [1.54, 1.807) is 19.1 Å². The molecule has 86 valence electrons. The fraction of sp³-hybridized carbons (Fsp3) is 0.333. The van der Waals surface area contributed by atoms with Crippen LogP contribution in [0.4, 0.5) is 0 Å². The van der Waals surface area contributed by atoms with E-state index in [0.717, 1.165) is 5.56 Å². The quantitative estimate of drug-likeness (QED) is 0.768. The highest BCUT2D eigenvalue weighted by Crippen LogP contribution is 2.22. The molecule has 0 aliphatic carbocycles. The van der Waals surface area contributed by atoms with Gasteiger partial charge in [0.15, 0.2) is 6.04 Å². The molecule has 0 spiro atoms. The van der Waals surface area contributed by atoms with Gasteiger partial charge in [-0.1, -0.05) is 24.3 Å². The van der Waals surface area contributed by atoms with Crippen molar-refractivity contribution in [2.75, 3.05) is 6.54 Å². The zero-order chi connectivity index (χ0) is 12.1. The van der Waals surface area contributed by atoms with Crippen LogP contribution < -0.4 is 0 Å². The molecular formula is C12H15NO3. The van der Waals surface area contributed by atoms with Crippen molar-refractivity contribution >= 4 is 12.4 Å². The molecule has 16 heavy (non-hydrogen) atoms. The summed E-state index contributed by atoms with van der Waals surface area (Å²) >= 11 is 0. The molecule has 4 heteroatoms. The molecule has 0 fully saturated rings. The fourth-order valence-corrected chi connectivity index (χ4v) is 1.67. The van der Waals surface area contributed by atoms with Crippen molar-refractivity contribution in [1.82, 2.24) is 4.90 Å². The number of likely N-dealkylation sites (N-methyl/N-ethyl adjacent to an activating group) is 1. The van der Waals surface area contributed by atoms with Gasteiger partial charge in [-0.3, -0.25) is 4.79 Å². The Kier molecular flexibility index (Phi) is 4.05. The summed E-state index contributed by atoms with van der Waals surface area (Å²) in [6.45, 7) is 3.96. The standard InChI is InChI=1S/C12H15NO3/c1-3-13(8-14)11(12(15)16)10-7-5-4-6-9(10)2/h4-8,11H,3H2,1-2H3,(H,15,16). The van der Waals surface area contributed by atoms with Gasteiger partial charge in [0.05, 0.1) is 0 Å². The maximum absolute atomic E-state index is 11.2. The second-order valence-corrected chi connectivity index (χ2v) is 3.53. The molecule has 0 radical (unpaired) electrons. The van der Waals surface area contributed by atoms with Crippen molar-refractivity contribution in [3.8, 4) is 0 Å². The third kappa shape index (κ3) is 2.39. The summed E-state index contributed by atoms with van der Waals surface area (Å²) in [5, 5.41) is 9.18. The zero-order valence-electron chi connectivity index (χ0n) is 9.38. The van der Waals surface area contributed by atoms with Crippen LogP contribution >= 0.6 is 0 Å². The van der Waals surface area contributed by atoms with E-state index in [4.69, 9.17) is 0 Å². The van der Waals surface area contributed by atoms with Gasteiger partial charge in [-0.15, -0.1) is 0 Å². The average molecular weight is 221 g/mol. The van der Waals surface area contributed by atoms with Crippen LogP contribution in [0.5, 0.6) is 0 Å². The number of aryl methyl sites for hydroxylation is 1. The Morgan fingerprint density at radius 3 is 2.56 bits per heavy atom. The van der Waals surface area contributed by atoms with Crippen molar-refractivity contribution < 1.29 is 14.7 Å². The number of rotatable bonds is 5. The summed E-state index contributed by atoms with van der Waals surface area (Å²) in [6.07, 6.45) is 0.575. The third-order valence-corrected chi connectivity index (χ3v) is 2.55. The summed E-state index contributed by atoms with van der Waals surface area (Å²) in [5.74, 6) is -1.01. The lowest BCUT2D eigenvalue weighted by Gasteiger charge is -2.25. The van der Waals surface area contributed by atoms with E-state index in [1.165, 1.54) is 4.90 Å². The van der Waals surface area contributed by atoms with Crippen molar-refractivity contribution in [2.45, 2.75) is 19.9 Å². The van der Waals surface area contributed by atoms with Gasteiger partial charge in [0.2, 0.25) is 6.41 Å². The first kappa shape index (κ1) is 12.2. The lowest BCUT2D eigenvalue weighted by Crippen LogP contribution is -2.33. The second kappa shape index (κ2) is 5.30. The highest BCUT2D eigenvalue weighted by molar-refractivity contribution is 5.78. The molecule has 0 heterocycles. The van der Waals surface area contributed by atoms with Gasteiger partial charge in [-0.25, -0.2) is 4.79 Å². The third-order valence-electron chi connectivity index (χ3n) is 2.55. The van der Waals surface area contributed by atoms with Crippen LogP contribution in [-0.2, 0) is 9.59 Å². The molecule has 1 unspecified atom stereocenters. The molecule has 0 saturated heterocycles. The van der Waals surface area contributed by atoms with Gasteiger partial charge >= 0.3 is 5.97 Å². The Labute approximate surface area is 94.5 Å². The van der Waals surface area contributed by atoms with Crippen LogP contribution in [0, 0.1) is 6.92 Å². The first-order valence-corrected chi connectivity index (χ1v) is 5.11. The number of nitrogens with zero attached hydrogens (tertiary/aromatic N) is 1. The minimum absolute atomic E-state index is 0.370. The van der Waals surface area contributed by atoms with Crippen LogP contribution in [0.1, 0.15) is 24.1 Å². The molecule has 1 N–H and O–H groups in total. The van der Waals surface area contributed by atoms with Crippen molar-refractivity contribution in [2.24, 2.45) is 0 Å². The van der Waals surface area contributed by atoms with Gasteiger partial charge in [0, 0.05) is 6.54 Å². The molecule has 1 atom stereocenters. The molecular weight excluding hydrogens is 206 g/mol. The first-order chi connectivity index (χ1) is 7.61. The SMILES string of the molecule is CCN(C=O)C(C(=O)O)c1ccccc1C. The van der Waals surface area contributed by atoms with E-state index in [0.29, 0.717) is 18.5 Å². The Balaban J connectivity index is 3.17. The molecule has 0 aliphatic rings. The largest absolute Gasteiger partial charge is 0.479 e. The summed E-state index contributed by atoms with van der Waals surface area (Å²) in [5.41, 5.74) is 1.53. The smallest absolute Gasteiger partial charge is 0.331 e. The second-order valence-electron chi connectivity index (χ2n) is 3.53. The Hall–Kier alpha value is -1.84. The minimum Gasteiger partial charge on any atom is -0.479 e. The normalized spacial score (nSPS) is 11.9. The van der Waals surface area contributed by atoms with Gasteiger partial charge in [0.25, 0.3) is 0 Å². The van der Waals surface area contributed by atoms with E-state index < -0.39 is 12.0 Å². The predicted molar refractivity (Wildman–Crippen MR) is 60.0 cm³/mol. The maximum atomic E-state index is 11.2. The van der Waals surface area contributed by atoms with Crippen LogP contribution in [0.25, 0.3) is 0 Å². The van der Waals surface area contributed by atoms with Crippen LogP contribution in [0.3, 0.4) is 0 Å². The summed E-state index contributed by atoms with van der Waals surface area (Å²) in [4.78, 5) is 23.3. The lowest BCUT2D eigenvalue weighted by molar-refractivity contribution is -0.146. The van der Waals surface area contributed by atoms with Crippen molar-refractivity contribution in [1.29, 1.82) is 0 Å². The molecule has 4 nitrogen and oxygen atoms in total. The zero-order valence-corrected chi connectivity index (χ0v) is 9.38. The number of amides is 1. The molecule has 0 aromatic heterocycles. The monoisotopic (exact) mass is 221 g/mol. The van der Waals surface area contributed by atoms with E-state index in [1.807, 2.05) is 19.1 Å². The van der Waals surface area contributed by atoms with Crippen molar-refractivity contribution in [3.05, 3.63) is 35.4 Å². The first-order valence-electron chi connectivity index (χ1n) is 5.11. The number of hydrogen-bond donors (Lipinski definition) is 1. The topological polar surface area (TPSA) is 57.6 Å². The summed E-state index contributed by atoms with van der Waals surface area (Å²) in [7, 11) is 0. The lowest BCUT2D eigenvalue weighted by atomic mass is 10.0. The molecule has 1 rings (SSSR count). The number of carbonyl (C=O) groups is 2. The highest BCUT2D eigenvalue weighted by atomic mass is 16.4. The molecule has 1 aromatic carbocycles. The van der Waals surface area contributed by atoms with E-state index in [-0.39, 0.29) is 0 Å². The molecule has 0 bridgehead atoms. The predicted octanol–water partition coefficient (Wildman–Crippen LogP) is 1.60. The number of benzene rings is 1. The molecule has 1 amide bonds. The van der Waals surface area contributed by atoms with Crippen LogP contribution in [0.2, 0.25) is 0 Å². The van der Waals surface area contributed by atoms with Crippen molar-refractivity contribution in [3.63, 3.8) is 0 Å². The number of carbonyl (C=O) groups excluding carboxylic acids is 1. The molecule has 0 saturated carbocycles. The van der Waals surface area contributed by atoms with Crippen LogP contribution in [-0.4, -0.2) is 28.9 Å². The number of aliphatic carboxylic acids is 1. The highest BCUT2D eigenvalue weighted by Gasteiger charge is 2.26. The molecule has 0 aliphatic heterocycles. The summed E-state index contributed by atoms with van der Waals surface area (Å²) in [6, 6.07) is 6.29. The summed E-state index contributed by atoms with van der Waals surface area (Å²) < 4.78 is 0. The van der Waals surface area contributed by atoms with E-state index in [2.05, 4.69) is 0 Å². The Morgan fingerprint density at radius 1 is 1.50 bits per heavy atom. The molecule has 1 aromatic rings. The van der Waals surface area contributed by atoms with Gasteiger partial charge in [-0.05, 0) is 25.0 Å². The number of hydrogen-bond acceptors (Lipinski definition) is 2. The number of carboxylic acid groups (broad SMARTS) is 1. The van der Waals surface area contributed by atoms with E-state index >= 15 is 0 Å². The van der Waals surface area contributed by atoms with Gasteiger partial charge < -0.3 is 10.0 Å². The van der Waals surface area contributed by atoms with Gasteiger partial charge in [0.1, 0.15) is 0 Å². The minimum atomic E-state index is -1.01. The van der Waals surface area contributed by atoms with Crippen LogP contribution in [0.15, 0.2) is 24.3 Å². The Bertz CT molecular complexity index is 390. The fourth-order valence-electron chi connectivity index (χ4n) is 1.67.